The Morgan fingerprint density at radius 2 is 1.05 bits per heavy atom. The Balaban J connectivity index is 4.54. The molecule has 0 radical (unpaired) electrons. The van der Waals surface area contributed by atoms with E-state index in [2.05, 4.69) is 86.8 Å². The number of phosphoric ester groups is 1. The number of hydrogen-bond donors (Lipinski definition) is 4. The first-order valence-corrected chi connectivity index (χ1v) is 23.4. The summed E-state index contributed by atoms with van der Waals surface area (Å²) in [6.07, 6.45) is 46.2. The minimum Gasteiger partial charge on any atom is -0.462 e. The van der Waals surface area contributed by atoms with Gasteiger partial charge in [0.15, 0.2) is 6.10 Å². The molecule has 12 heteroatoms. The van der Waals surface area contributed by atoms with E-state index in [1.807, 2.05) is 24.3 Å². The van der Waals surface area contributed by atoms with Gasteiger partial charge in [0.2, 0.25) is 0 Å². The topological polar surface area (TPSA) is 175 Å². The number of unbranched alkanes of at least 4 members (excludes halogenated alkanes) is 6. The summed E-state index contributed by atoms with van der Waals surface area (Å²) in [5.74, 6) is -1.22. The van der Waals surface area contributed by atoms with Crippen LogP contribution in [0.3, 0.4) is 0 Å². The molecular weight excluding hydrogens is 769 g/mol. The molecule has 0 aliphatic rings. The number of phosphoric acid groups is 1. The second-order valence-corrected chi connectivity index (χ2v) is 15.6. The summed E-state index contributed by atoms with van der Waals surface area (Å²) < 4.78 is 32.5. The Kier molecular flexibility index (Phi) is 39.4. The predicted octanol–water partition coefficient (Wildman–Crippen LogP) is 10.5. The number of hydrogen-bond acceptors (Lipinski definition) is 10. The number of ether oxygens (including phenoxy) is 2. The number of allylic oxidation sites excluding steroid dienone is 15. The van der Waals surface area contributed by atoms with Crippen molar-refractivity contribution in [2.24, 2.45) is 5.73 Å². The smallest absolute Gasteiger partial charge is 0.462 e. The van der Waals surface area contributed by atoms with Gasteiger partial charge in [0.05, 0.1) is 25.4 Å². The molecule has 0 rings (SSSR count). The number of carbonyl (C=O) groups excluding carboxylic acids is 2. The van der Waals surface area contributed by atoms with Crippen LogP contribution in [0.4, 0.5) is 0 Å². The van der Waals surface area contributed by atoms with E-state index >= 15 is 0 Å². The first-order chi connectivity index (χ1) is 28.6. The molecule has 0 aliphatic heterocycles. The average Bonchev–Trinajstić information content (AvgIpc) is 3.22. The summed E-state index contributed by atoms with van der Waals surface area (Å²) in [5.41, 5.74) is 5.32. The lowest BCUT2D eigenvalue weighted by molar-refractivity contribution is -0.161. The van der Waals surface area contributed by atoms with Gasteiger partial charge in [0.25, 0.3) is 0 Å². The largest absolute Gasteiger partial charge is 0.472 e. The molecule has 5 N–H and O–H groups in total. The highest BCUT2D eigenvalue weighted by Crippen LogP contribution is 2.43. The molecule has 4 atom stereocenters. The first-order valence-electron chi connectivity index (χ1n) is 21.9. The Morgan fingerprint density at radius 1 is 0.576 bits per heavy atom. The fourth-order valence-electron chi connectivity index (χ4n) is 5.25. The lowest BCUT2D eigenvalue weighted by atomic mass is 10.0. The molecule has 0 aromatic rings. The number of nitrogens with two attached hydrogens (primary N) is 1. The van der Waals surface area contributed by atoms with E-state index in [1.165, 1.54) is 44.9 Å². The van der Waals surface area contributed by atoms with Crippen molar-refractivity contribution in [2.75, 3.05) is 26.4 Å². The summed E-state index contributed by atoms with van der Waals surface area (Å²) in [6, 6.07) is 0. The third kappa shape index (κ3) is 40.0. The first kappa shape index (κ1) is 55.9. The average molecular weight is 848 g/mol. The number of carbonyl (C=O) groups is 2. The Bertz CT molecular complexity index is 1320. The van der Waals surface area contributed by atoms with Crippen molar-refractivity contribution >= 4 is 19.8 Å². The van der Waals surface area contributed by atoms with E-state index in [4.69, 9.17) is 24.3 Å². The van der Waals surface area contributed by atoms with Gasteiger partial charge in [-0.15, -0.1) is 0 Å². The van der Waals surface area contributed by atoms with Crippen LogP contribution in [-0.2, 0) is 32.7 Å². The monoisotopic (exact) mass is 848 g/mol. The number of esters is 2. The molecule has 0 bridgehead atoms. The van der Waals surface area contributed by atoms with Gasteiger partial charge >= 0.3 is 19.8 Å². The number of aliphatic hydroxyl groups excluding tert-OH is 2. The molecule has 336 valence electrons. The van der Waals surface area contributed by atoms with E-state index < -0.39 is 51.3 Å². The van der Waals surface area contributed by atoms with Gasteiger partial charge < -0.3 is 30.3 Å². The summed E-state index contributed by atoms with van der Waals surface area (Å²) in [7, 11) is -4.48. The second-order valence-electron chi connectivity index (χ2n) is 14.2. The van der Waals surface area contributed by atoms with Gasteiger partial charge in [0.1, 0.15) is 6.61 Å². The fourth-order valence-corrected chi connectivity index (χ4v) is 6.01. The maximum absolute atomic E-state index is 12.6. The molecule has 0 aliphatic carbocycles. The van der Waals surface area contributed by atoms with Crippen molar-refractivity contribution in [3.63, 3.8) is 0 Å². The van der Waals surface area contributed by atoms with Gasteiger partial charge in [-0.3, -0.25) is 18.6 Å². The minimum absolute atomic E-state index is 0.00646. The van der Waals surface area contributed by atoms with Crippen molar-refractivity contribution < 1.29 is 47.8 Å². The minimum atomic E-state index is -4.48. The lowest BCUT2D eigenvalue weighted by Crippen LogP contribution is -2.30. The van der Waals surface area contributed by atoms with Crippen LogP contribution in [0.25, 0.3) is 0 Å². The van der Waals surface area contributed by atoms with Crippen molar-refractivity contribution in [3.8, 4) is 0 Å². The highest BCUT2D eigenvalue weighted by Gasteiger charge is 2.26. The zero-order valence-corrected chi connectivity index (χ0v) is 37.1. The SMILES string of the molecule is CCCCC/C=C\C/C=C\C/C=C\C/C=C\C/C=C\CCC(=O)OC[C@H](COP(=O)(O)OCCN)OC(=O)CCCC(O)C(O)C/C=C\C/C=C\C/C=C\CCCCC. The van der Waals surface area contributed by atoms with E-state index in [-0.39, 0.29) is 45.3 Å². The molecule has 0 saturated heterocycles. The quantitative estimate of drug-likeness (QED) is 0.0200. The van der Waals surface area contributed by atoms with Crippen LogP contribution in [-0.4, -0.2) is 71.7 Å². The number of rotatable bonds is 39. The summed E-state index contributed by atoms with van der Waals surface area (Å²) in [5, 5.41) is 20.7. The zero-order valence-electron chi connectivity index (χ0n) is 36.2. The van der Waals surface area contributed by atoms with Crippen LogP contribution in [0.5, 0.6) is 0 Å². The molecule has 0 saturated carbocycles. The molecule has 59 heavy (non-hydrogen) atoms. The summed E-state index contributed by atoms with van der Waals surface area (Å²) in [6.45, 7) is 3.22. The van der Waals surface area contributed by atoms with Gasteiger partial charge in [0, 0.05) is 19.4 Å². The van der Waals surface area contributed by atoms with Crippen LogP contribution in [0.2, 0.25) is 0 Å². The van der Waals surface area contributed by atoms with Crippen LogP contribution in [0.15, 0.2) is 97.2 Å². The Labute approximate surface area is 356 Å². The molecule has 0 aromatic carbocycles. The molecule has 3 unspecified atom stereocenters. The van der Waals surface area contributed by atoms with Gasteiger partial charge in [-0.2, -0.15) is 0 Å². The van der Waals surface area contributed by atoms with Crippen molar-refractivity contribution in [2.45, 2.75) is 161 Å². The van der Waals surface area contributed by atoms with Crippen molar-refractivity contribution in [1.82, 2.24) is 0 Å². The molecule has 0 heterocycles. The predicted molar refractivity (Wildman–Crippen MR) is 240 cm³/mol. The lowest BCUT2D eigenvalue weighted by Gasteiger charge is -2.20. The highest BCUT2D eigenvalue weighted by atomic mass is 31.2. The zero-order chi connectivity index (χ0) is 43.5. The van der Waals surface area contributed by atoms with Crippen LogP contribution < -0.4 is 5.73 Å². The Hall–Kier alpha value is -3.15. The van der Waals surface area contributed by atoms with Gasteiger partial charge in [-0.05, 0) is 89.9 Å². The van der Waals surface area contributed by atoms with Gasteiger partial charge in [-0.25, -0.2) is 4.57 Å². The maximum atomic E-state index is 12.6. The van der Waals surface area contributed by atoms with E-state index in [0.717, 1.165) is 44.9 Å². The second kappa shape index (κ2) is 41.6. The van der Waals surface area contributed by atoms with Crippen LogP contribution >= 0.6 is 7.82 Å². The van der Waals surface area contributed by atoms with E-state index in [9.17, 15) is 29.3 Å². The number of aliphatic hydroxyl groups is 2. The molecule has 0 aromatic heterocycles. The molecule has 11 nitrogen and oxygen atoms in total. The van der Waals surface area contributed by atoms with Crippen LogP contribution in [0.1, 0.15) is 142 Å². The molecule has 0 amide bonds. The standard InChI is InChI=1S/C47H78NO10P/c1-3-5-7-9-11-13-15-17-18-19-20-21-22-23-25-27-29-31-33-37-46(51)55-41-43(42-57-59(53,54)56-40-39-48)58-47(52)38-34-36-45(50)44(49)35-32-30-28-26-24-16-14-12-10-8-6-4-2/h11-14,17-18,20-21,23-26,29-32,43-45,49-50H,3-10,15-16,19,22,27-28,33-42,48H2,1-2H3,(H,53,54)/b13-11-,14-12-,18-17-,21-20-,25-23-,26-24-,31-29-,32-30-/t43-,44?,45?/m1/s1. The maximum Gasteiger partial charge on any atom is 0.472 e. The summed E-state index contributed by atoms with van der Waals surface area (Å²) >= 11 is 0. The molecule has 0 fully saturated rings. The van der Waals surface area contributed by atoms with Crippen LogP contribution in [0, 0.1) is 0 Å². The normalized spacial score (nSPS) is 15.3. The highest BCUT2D eigenvalue weighted by molar-refractivity contribution is 7.47. The van der Waals surface area contributed by atoms with Crippen molar-refractivity contribution in [1.29, 1.82) is 0 Å². The Morgan fingerprint density at radius 3 is 1.54 bits per heavy atom. The third-order valence-corrected chi connectivity index (χ3v) is 9.64. The third-order valence-electron chi connectivity index (χ3n) is 8.66. The van der Waals surface area contributed by atoms with Crippen molar-refractivity contribution in [3.05, 3.63) is 97.2 Å². The van der Waals surface area contributed by atoms with E-state index in [1.54, 1.807) is 0 Å². The molecule has 0 spiro atoms. The molecular formula is C47H78NO10P. The fraction of sp³-hybridized carbons (Fsp3) is 0.617. The van der Waals surface area contributed by atoms with Gasteiger partial charge in [-0.1, -0.05) is 137 Å². The van der Waals surface area contributed by atoms with E-state index in [0.29, 0.717) is 6.42 Å². The summed E-state index contributed by atoms with van der Waals surface area (Å²) in [4.78, 5) is 34.9.